The number of nitrogens with zero attached hydrogens (tertiary/aromatic N) is 1. The molecule has 2 nitrogen and oxygen atoms in total. The molecule has 0 bridgehead atoms. The average Bonchev–Trinajstić information content (AvgIpc) is 2.16. The first kappa shape index (κ1) is 13.6. The Hall–Kier alpha value is -0.450. The second-order valence-corrected chi connectivity index (χ2v) is 6.29. The van der Waals surface area contributed by atoms with Gasteiger partial charge in [0.15, 0.2) is 0 Å². The monoisotopic (exact) mass is 301 g/mol. The first-order valence-electron chi connectivity index (χ1n) is 4.93. The molecule has 4 heteroatoms. The van der Waals surface area contributed by atoms with Gasteiger partial charge in [0.05, 0.1) is 0 Å². The second-order valence-electron chi connectivity index (χ2n) is 3.79. The van der Waals surface area contributed by atoms with Crippen molar-refractivity contribution in [3.05, 3.63) is 40.9 Å². The maximum atomic E-state index is 11.2. The van der Waals surface area contributed by atoms with Crippen LogP contribution in [0.3, 0.4) is 0 Å². The van der Waals surface area contributed by atoms with Gasteiger partial charge in [0.1, 0.15) is 0 Å². The summed E-state index contributed by atoms with van der Waals surface area (Å²) >= 11 is 3.34. The summed E-state index contributed by atoms with van der Waals surface area (Å²) in [7, 11) is 1.15. The maximum absolute atomic E-state index is 11.2. The van der Waals surface area contributed by atoms with Gasteiger partial charge in [-0.2, -0.15) is 0 Å². The molecule has 0 amide bonds. The molecule has 1 aromatic carbocycles. The van der Waals surface area contributed by atoms with Crippen LogP contribution in [0.5, 0.6) is 0 Å². The molecule has 0 aliphatic carbocycles. The van der Waals surface area contributed by atoms with Crippen LogP contribution in [-0.2, 0) is 17.3 Å². The van der Waals surface area contributed by atoms with E-state index in [-0.39, 0.29) is 0 Å². The molecule has 0 unspecified atom stereocenters. The van der Waals surface area contributed by atoms with Crippen molar-refractivity contribution < 1.29 is 4.21 Å². The van der Waals surface area contributed by atoms with Crippen molar-refractivity contribution in [1.82, 2.24) is 4.90 Å². The van der Waals surface area contributed by atoms with E-state index in [4.69, 9.17) is 0 Å². The number of halogens is 1. The highest BCUT2D eigenvalue weighted by molar-refractivity contribution is 9.11. The Bertz CT molecular complexity index is 389. The molecule has 0 saturated heterocycles. The van der Waals surface area contributed by atoms with Gasteiger partial charge in [-0.05, 0) is 24.7 Å². The largest absolute Gasteiger partial charge is 0.297 e. The zero-order valence-corrected chi connectivity index (χ0v) is 12.0. The fourth-order valence-electron chi connectivity index (χ4n) is 1.45. The summed E-state index contributed by atoms with van der Waals surface area (Å²) in [5.41, 5.74) is 1.21. The molecule has 16 heavy (non-hydrogen) atoms. The molecule has 0 fully saturated rings. The van der Waals surface area contributed by atoms with Crippen molar-refractivity contribution in [2.45, 2.75) is 11.4 Å². The number of likely N-dealkylation sites (N-methyl/N-ethyl adjacent to an activating group) is 1. The van der Waals surface area contributed by atoms with Gasteiger partial charge in [0.2, 0.25) is 0 Å². The van der Waals surface area contributed by atoms with Crippen molar-refractivity contribution in [3.8, 4) is 0 Å². The average molecular weight is 302 g/mol. The third-order valence-corrected chi connectivity index (χ3v) is 3.34. The molecular weight excluding hydrogens is 286 g/mol. The Labute approximate surface area is 108 Å². The summed E-state index contributed by atoms with van der Waals surface area (Å²) in [6.07, 6.45) is 1.69. The van der Waals surface area contributed by atoms with E-state index in [0.717, 1.165) is 22.5 Å². The van der Waals surface area contributed by atoms with Gasteiger partial charge in [-0.15, -0.1) is 0 Å². The highest BCUT2D eigenvalue weighted by atomic mass is 79.9. The fraction of sp³-hybridized carbons (Fsp3) is 0.333. The zero-order chi connectivity index (χ0) is 12.1. The molecule has 1 atom stereocenters. The van der Waals surface area contributed by atoms with Gasteiger partial charge < -0.3 is 0 Å². The van der Waals surface area contributed by atoms with Crippen molar-refractivity contribution in [2.24, 2.45) is 0 Å². The van der Waals surface area contributed by atoms with Gasteiger partial charge in [-0.1, -0.05) is 34.6 Å². The van der Waals surface area contributed by atoms with Crippen LogP contribution in [0, 0.1) is 0 Å². The molecular formula is C12H16BrNOS. The predicted octanol–water partition coefficient (Wildman–Crippen LogP) is 2.76. The van der Waals surface area contributed by atoms with E-state index in [1.165, 1.54) is 5.56 Å². The molecule has 0 spiro atoms. The molecule has 0 aliphatic heterocycles. The van der Waals surface area contributed by atoms with E-state index in [1.54, 1.807) is 6.26 Å². The summed E-state index contributed by atoms with van der Waals surface area (Å²) < 4.78 is 12.2. The van der Waals surface area contributed by atoms with Crippen LogP contribution in [0.4, 0.5) is 0 Å². The lowest BCUT2D eigenvalue weighted by Gasteiger charge is -2.15. The van der Waals surface area contributed by atoms with Crippen molar-refractivity contribution in [1.29, 1.82) is 0 Å². The summed E-state index contributed by atoms with van der Waals surface area (Å²) in [4.78, 5) is 3.03. The van der Waals surface area contributed by atoms with E-state index >= 15 is 0 Å². The van der Waals surface area contributed by atoms with Gasteiger partial charge in [0, 0.05) is 39.5 Å². The van der Waals surface area contributed by atoms with Crippen molar-refractivity contribution in [3.63, 3.8) is 0 Å². The van der Waals surface area contributed by atoms with Crippen LogP contribution in [0.15, 0.2) is 40.2 Å². The molecule has 0 saturated carbocycles. The quantitative estimate of drug-likeness (QED) is 0.833. The smallest absolute Gasteiger partial charge is 0.0498 e. The van der Waals surface area contributed by atoms with E-state index in [2.05, 4.69) is 27.4 Å². The third-order valence-electron chi connectivity index (χ3n) is 2.15. The Morgan fingerprint density at radius 2 is 2.00 bits per heavy atom. The topological polar surface area (TPSA) is 20.3 Å². The highest BCUT2D eigenvalue weighted by Gasteiger charge is 2.02. The molecule has 0 radical (unpaired) electrons. The summed E-state index contributed by atoms with van der Waals surface area (Å²) in [5, 5.41) is 0. The van der Waals surface area contributed by atoms with Crippen molar-refractivity contribution >= 4 is 26.7 Å². The minimum absolute atomic E-state index is 0.821. The van der Waals surface area contributed by atoms with Crippen LogP contribution in [0.1, 0.15) is 5.56 Å². The Morgan fingerprint density at radius 3 is 2.44 bits per heavy atom. The second kappa shape index (κ2) is 6.33. The van der Waals surface area contributed by atoms with Crippen LogP contribution >= 0.6 is 15.9 Å². The molecule has 1 rings (SSSR count). The van der Waals surface area contributed by atoms with Crippen LogP contribution in [0.25, 0.3) is 0 Å². The minimum Gasteiger partial charge on any atom is -0.297 e. The normalized spacial score (nSPS) is 12.8. The van der Waals surface area contributed by atoms with Gasteiger partial charge >= 0.3 is 0 Å². The molecule has 0 aliphatic rings. The zero-order valence-electron chi connectivity index (χ0n) is 9.57. The number of hydrogen-bond donors (Lipinski definition) is 0. The molecule has 0 heterocycles. The van der Waals surface area contributed by atoms with E-state index in [0.29, 0.717) is 0 Å². The first-order valence-corrected chi connectivity index (χ1v) is 7.28. The predicted molar refractivity (Wildman–Crippen MR) is 73.2 cm³/mol. The lowest BCUT2D eigenvalue weighted by atomic mass is 10.2. The highest BCUT2D eigenvalue weighted by Crippen LogP contribution is 2.11. The summed E-state index contributed by atoms with van der Waals surface area (Å²) in [6.45, 7) is 5.49. The third kappa shape index (κ3) is 4.60. The van der Waals surface area contributed by atoms with E-state index in [9.17, 15) is 4.21 Å². The maximum Gasteiger partial charge on any atom is 0.0498 e. The van der Waals surface area contributed by atoms with Gasteiger partial charge in [0.25, 0.3) is 0 Å². The van der Waals surface area contributed by atoms with E-state index in [1.807, 2.05) is 31.3 Å². The van der Waals surface area contributed by atoms with Crippen molar-refractivity contribution in [2.75, 3.05) is 19.8 Å². The van der Waals surface area contributed by atoms with E-state index < -0.39 is 10.8 Å². The molecule has 88 valence electrons. The fourth-order valence-corrected chi connectivity index (χ4v) is 2.39. The lowest BCUT2D eigenvalue weighted by Crippen LogP contribution is -2.18. The Morgan fingerprint density at radius 1 is 1.44 bits per heavy atom. The lowest BCUT2D eigenvalue weighted by molar-refractivity contribution is 0.362. The van der Waals surface area contributed by atoms with Gasteiger partial charge in [-0.3, -0.25) is 9.11 Å². The SMILES string of the molecule is C=C(Br)CN(C)Cc1ccc([S@@](C)=O)cc1. The molecule has 1 aromatic rings. The standard InChI is InChI=1S/C12H16BrNOS/c1-10(13)8-14(2)9-11-4-6-12(7-5-11)16(3)15/h4-7H,1,8-9H2,2-3H3/t16-/m1/s1. The Kier molecular flexibility index (Phi) is 5.38. The van der Waals surface area contributed by atoms with Gasteiger partial charge in [-0.25, -0.2) is 0 Å². The van der Waals surface area contributed by atoms with Crippen LogP contribution in [-0.4, -0.2) is 29.0 Å². The number of hydrogen-bond acceptors (Lipinski definition) is 2. The molecule has 0 N–H and O–H groups in total. The minimum atomic E-state index is -0.894. The first-order chi connectivity index (χ1) is 7.49. The molecule has 0 aromatic heterocycles. The van der Waals surface area contributed by atoms with Crippen LogP contribution < -0.4 is 0 Å². The number of benzene rings is 1. The summed E-state index contributed by atoms with van der Waals surface area (Å²) in [5.74, 6) is 0. The Balaban J connectivity index is 2.61. The number of rotatable bonds is 5. The summed E-state index contributed by atoms with van der Waals surface area (Å²) in [6, 6.07) is 7.87. The van der Waals surface area contributed by atoms with Crippen LogP contribution in [0.2, 0.25) is 0 Å².